The summed E-state index contributed by atoms with van der Waals surface area (Å²) in [7, 11) is 0. The minimum Gasteiger partial charge on any atom is -0.530 e. The molecule has 170 valence electrons. The van der Waals surface area contributed by atoms with Crippen LogP contribution in [0, 0.1) is 11.8 Å². The number of morpholine rings is 1. The van der Waals surface area contributed by atoms with Crippen LogP contribution in [0.4, 0.5) is 18.0 Å². The summed E-state index contributed by atoms with van der Waals surface area (Å²) in [5.41, 5.74) is 0.459. The van der Waals surface area contributed by atoms with E-state index in [1.165, 1.54) is 21.9 Å². The largest absolute Gasteiger partial charge is 0.573 e. The van der Waals surface area contributed by atoms with Crippen LogP contribution in [0.25, 0.3) is 0 Å². The second kappa shape index (κ2) is 8.54. The van der Waals surface area contributed by atoms with Gasteiger partial charge in [-0.25, -0.2) is 0 Å². The first-order valence-corrected chi connectivity index (χ1v) is 10.1. The molecule has 1 aromatic carbocycles. The van der Waals surface area contributed by atoms with Crippen molar-refractivity contribution in [2.75, 3.05) is 52.5 Å². The van der Waals surface area contributed by atoms with Crippen LogP contribution in [0.15, 0.2) is 18.2 Å². The van der Waals surface area contributed by atoms with Crippen LogP contribution in [0.2, 0.25) is 0 Å². The van der Waals surface area contributed by atoms with E-state index < -0.39 is 24.1 Å². The molecule has 0 bridgehead atoms. The standard InChI is InChI=1S/C20H24F3N3O5/c21-20(22,23)31-17-7-13(1-2-16(17)18(27)25-3-5-30-6-4-25)8-24-9-14-11-26(19(28)29)12-15(14)10-24/h1-2,7,14-15H,3-6,8-12H2,(H,28,29)/p-1. The van der Waals surface area contributed by atoms with E-state index >= 15 is 0 Å². The molecule has 8 nitrogen and oxygen atoms in total. The van der Waals surface area contributed by atoms with Gasteiger partial charge < -0.3 is 29.2 Å². The average Bonchev–Trinajstić information content (AvgIpc) is 3.26. The predicted molar refractivity (Wildman–Crippen MR) is 99.1 cm³/mol. The summed E-state index contributed by atoms with van der Waals surface area (Å²) in [6, 6.07) is 4.28. The zero-order valence-electron chi connectivity index (χ0n) is 16.8. The third-order valence-electron chi connectivity index (χ3n) is 6.03. The van der Waals surface area contributed by atoms with Crippen molar-refractivity contribution in [1.82, 2.24) is 14.7 Å². The molecule has 0 spiro atoms. The van der Waals surface area contributed by atoms with E-state index in [9.17, 15) is 27.9 Å². The molecule has 3 aliphatic rings. The van der Waals surface area contributed by atoms with E-state index in [1.807, 2.05) is 0 Å². The molecule has 0 N–H and O–H groups in total. The molecule has 2 unspecified atom stereocenters. The summed E-state index contributed by atoms with van der Waals surface area (Å²) in [6.45, 7) is 3.82. The first-order chi connectivity index (χ1) is 14.7. The van der Waals surface area contributed by atoms with Gasteiger partial charge in [0.25, 0.3) is 5.91 Å². The van der Waals surface area contributed by atoms with Gasteiger partial charge in [0, 0.05) is 45.8 Å². The monoisotopic (exact) mass is 442 g/mol. The van der Waals surface area contributed by atoms with Crippen LogP contribution < -0.4 is 9.84 Å². The van der Waals surface area contributed by atoms with E-state index in [0.29, 0.717) is 64.6 Å². The SMILES string of the molecule is O=C([O-])N1CC2CN(Cc3ccc(C(=O)N4CCOCC4)c(OC(F)(F)F)c3)CC2C1. The number of ether oxygens (including phenoxy) is 2. The Hall–Kier alpha value is -2.53. The topological polar surface area (TPSA) is 85.4 Å². The number of rotatable bonds is 4. The summed E-state index contributed by atoms with van der Waals surface area (Å²) in [4.78, 5) is 28.6. The Bertz CT molecular complexity index is 830. The maximum atomic E-state index is 13.0. The Morgan fingerprint density at radius 3 is 2.29 bits per heavy atom. The van der Waals surface area contributed by atoms with Gasteiger partial charge in [0.1, 0.15) is 11.8 Å². The fourth-order valence-corrected chi connectivity index (χ4v) is 4.61. The smallest absolute Gasteiger partial charge is 0.530 e. The lowest BCUT2D eigenvalue weighted by Gasteiger charge is -2.28. The summed E-state index contributed by atoms with van der Waals surface area (Å²) < 4.78 is 48.3. The number of nitrogens with zero attached hydrogens (tertiary/aromatic N) is 3. The third-order valence-corrected chi connectivity index (χ3v) is 6.03. The van der Waals surface area contributed by atoms with Crippen molar-refractivity contribution in [2.24, 2.45) is 11.8 Å². The molecular weight excluding hydrogens is 419 g/mol. The highest BCUT2D eigenvalue weighted by molar-refractivity contribution is 5.97. The molecule has 0 radical (unpaired) electrons. The number of benzene rings is 1. The first kappa shape index (κ1) is 21.7. The molecular formula is C20H23F3N3O5-. The van der Waals surface area contributed by atoms with Crippen LogP contribution in [-0.4, -0.2) is 85.5 Å². The van der Waals surface area contributed by atoms with Crippen molar-refractivity contribution in [3.63, 3.8) is 0 Å². The van der Waals surface area contributed by atoms with Gasteiger partial charge in [-0.05, 0) is 29.5 Å². The normalized spacial score (nSPS) is 24.4. The minimum absolute atomic E-state index is 0.133. The fraction of sp³-hybridized carbons (Fsp3) is 0.600. The van der Waals surface area contributed by atoms with Gasteiger partial charge in [-0.15, -0.1) is 13.2 Å². The van der Waals surface area contributed by atoms with Crippen molar-refractivity contribution < 1.29 is 37.3 Å². The molecule has 2 amide bonds. The highest BCUT2D eigenvalue weighted by Gasteiger charge is 2.40. The lowest BCUT2D eigenvalue weighted by molar-refractivity contribution is -0.274. The van der Waals surface area contributed by atoms with E-state index in [1.54, 1.807) is 6.07 Å². The predicted octanol–water partition coefficient (Wildman–Crippen LogP) is 0.764. The first-order valence-electron chi connectivity index (χ1n) is 10.1. The maximum absolute atomic E-state index is 13.0. The summed E-state index contributed by atoms with van der Waals surface area (Å²) in [5.74, 6) is -0.659. The molecule has 3 fully saturated rings. The summed E-state index contributed by atoms with van der Waals surface area (Å²) >= 11 is 0. The van der Waals surface area contributed by atoms with Crippen LogP contribution in [-0.2, 0) is 11.3 Å². The summed E-state index contributed by atoms with van der Waals surface area (Å²) in [6.07, 6.45) is -6.09. The molecule has 1 aromatic rings. The second-order valence-corrected chi connectivity index (χ2v) is 8.17. The fourth-order valence-electron chi connectivity index (χ4n) is 4.61. The van der Waals surface area contributed by atoms with Crippen molar-refractivity contribution in [3.8, 4) is 5.75 Å². The minimum atomic E-state index is -4.92. The number of hydrogen-bond donors (Lipinski definition) is 0. The lowest BCUT2D eigenvalue weighted by Crippen LogP contribution is -2.41. The molecule has 0 saturated carbocycles. The van der Waals surface area contributed by atoms with Crippen LogP contribution >= 0.6 is 0 Å². The maximum Gasteiger partial charge on any atom is 0.573 e. The van der Waals surface area contributed by atoms with Gasteiger partial charge in [0.2, 0.25) is 0 Å². The highest BCUT2D eigenvalue weighted by atomic mass is 19.4. The Morgan fingerprint density at radius 2 is 1.71 bits per heavy atom. The molecule has 3 aliphatic heterocycles. The average molecular weight is 442 g/mol. The number of carbonyl (C=O) groups excluding carboxylic acids is 2. The lowest BCUT2D eigenvalue weighted by atomic mass is 10.0. The van der Waals surface area contributed by atoms with E-state index in [4.69, 9.17) is 4.74 Å². The van der Waals surface area contributed by atoms with Crippen molar-refractivity contribution in [3.05, 3.63) is 29.3 Å². The van der Waals surface area contributed by atoms with Gasteiger partial charge in [-0.3, -0.25) is 9.69 Å². The van der Waals surface area contributed by atoms with E-state index in [-0.39, 0.29) is 17.4 Å². The van der Waals surface area contributed by atoms with Crippen molar-refractivity contribution >= 4 is 12.0 Å². The third kappa shape index (κ3) is 5.04. The second-order valence-electron chi connectivity index (χ2n) is 8.17. The molecule has 0 aliphatic carbocycles. The Morgan fingerprint density at radius 1 is 1.06 bits per heavy atom. The van der Waals surface area contributed by atoms with Gasteiger partial charge in [0.15, 0.2) is 0 Å². The Labute approximate surface area is 177 Å². The van der Waals surface area contributed by atoms with Gasteiger partial charge >= 0.3 is 6.36 Å². The van der Waals surface area contributed by atoms with E-state index in [0.717, 1.165) is 0 Å². The number of fused-ring (bicyclic) bond motifs is 1. The van der Waals surface area contributed by atoms with E-state index in [2.05, 4.69) is 9.64 Å². The molecule has 3 saturated heterocycles. The Balaban J connectivity index is 1.47. The zero-order chi connectivity index (χ0) is 22.2. The van der Waals surface area contributed by atoms with Gasteiger partial charge in [-0.1, -0.05) is 6.07 Å². The number of halogens is 3. The number of carbonyl (C=O) groups is 2. The van der Waals surface area contributed by atoms with Crippen molar-refractivity contribution in [1.29, 1.82) is 0 Å². The Kier molecular flexibility index (Phi) is 5.98. The molecule has 11 heteroatoms. The highest BCUT2D eigenvalue weighted by Crippen LogP contribution is 2.33. The zero-order valence-corrected chi connectivity index (χ0v) is 16.8. The number of amides is 2. The molecule has 2 atom stereocenters. The molecule has 3 heterocycles. The number of hydrogen-bond acceptors (Lipinski definition) is 6. The number of alkyl halides is 3. The van der Waals surface area contributed by atoms with Crippen LogP contribution in [0.3, 0.4) is 0 Å². The van der Waals surface area contributed by atoms with Gasteiger partial charge in [0.05, 0.1) is 18.8 Å². The van der Waals surface area contributed by atoms with Gasteiger partial charge in [-0.2, -0.15) is 0 Å². The molecule has 31 heavy (non-hydrogen) atoms. The number of carboxylic acid groups (broad SMARTS) is 1. The molecule has 4 rings (SSSR count). The van der Waals surface area contributed by atoms with Crippen molar-refractivity contribution in [2.45, 2.75) is 12.9 Å². The summed E-state index contributed by atoms with van der Waals surface area (Å²) in [5, 5.41) is 11.0. The van der Waals surface area contributed by atoms with Crippen LogP contribution in [0.5, 0.6) is 5.75 Å². The molecule has 0 aromatic heterocycles. The van der Waals surface area contributed by atoms with Crippen LogP contribution in [0.1, 0.15) is 15.9 Å². The number of likely N-dealkylation sites (tertiary alicyclic amines) is 2. The quantitative estimate of drug-likeness (QED) is 0.685.